The zero-order chi connectivity index (χ0) is 42.3. The van der Waals surface area contributed by atoms with Gasteiger partial charge in [-0.1, -0.05) is 58.0 Å². The summed E-state index contributed by atoms with van der Waals surface area (Å²) < 4.78 is 99.9. The third-order valence-electron chi connectivity index (χ3n) is 9.14. The van der Waals surface area contributed by atoms with Crippen molar-refractivity contribution in [1.29, 1.82) is 0 Å². The number of nitrogens with one attached hydrogen (secondary N) is 2. The van der Waals surface area contributed by atoms with Crippen LogP contribution in [0.15, 0.2) is 47.5 Å². The van der Waals surface area contributed by atoms with E-state index in [1.54, 1.807) is 46.8 Å². The van der Waals surface area contributed by atoms with Crippen LogP contribution < -0.4 is 27.0 Å². The molecule has 19 heteroatoms. The first-order chi connectivity index (χ1) is 25.9. The highest BCUT2D eigenvalue weighted by molar-refractivity contribution is 6.20. The number of alkyl halides is 6. The number of halogens is 7. The second-order valence-corrected chi connectivity index (χ2v) is 14.2. The van der Waals surface area contributed by atoms with E-state index in [1.807, 2.05) is 0 Å². The number of aliphatic imine (C=N–C) groups is 1. The van der Waals surface area contributed by atoms with E-state index in [0.717, 1.165) is 17.0 Å². The van der Waals surface area contributed by atoms with Crippen LogP contribution in [0.25, 0.3) is 0 Å². The highest BCUT2D eigenvalue weighted by Gasteiger charge is 2.42. The van der Waals surface area contributed by atoms with Crippen LogP contribution >= 0.6 is 0 Å². The molecule has 0 spiro atoms. The minimum Gasteiger partial charge on any atom is -0.442 e. The Morgan fingerprint density at radius 1 is 0.893 bits per heavy atom. The van der Waals surface area contributed by atoms with Gasteiger partial charge < -0.3 is 26.8 Å². The van der Waals surface area contributed by atoms with Crippen LogP contribution in [0.3, 0.4) is 0 Å². The predicted molar refractivity (Wildman–Crippen MR) is 190 cm³/mol. The lowest BCUT2D eigenvalue weighted by atomic mass is 9.83. The van der Waals surface area contributed by atoms with Crippen molar-refractivity contribution in [2.24, 2.45) is 40.1 Å². The van der Waals surface area contributed by atoms with Gasteiger partial charge in [0.2, 0.25) is 23.9 Å². The van der Waals surface area contributed by atoms with Gasteiger partial charge in [-0.25, -0.2) is 14.2 Å². The molecule has 12 nitrogen and oxygen atoms in total. The zero-order valence-corrected chi connectivity index (χ0v) is 31.3. The first-order valence-corrected chi connectivity index (χ1v) is 17.6. The van der Waals surface area contributed by atoms with Crippen LogP contribution in [-0.4, -0.2) is 72.6 Å². The zero-order valence-electron chi connectivity index (χ0n) is 31.3. The van der Waals surface area contributed by atoms with E-state index < -0.39 is 116 Å². The Morgan fingerprint density at radius 3 is 2.02 bits per heavy atom. The maximum absolute atomic E-state index is 14.6. The Hall–Kier alpha value is -5.07. The Bertz CT molecular complexity index is 1800. The SMILES string of the molecule is Cc1cccc2c1N(COC(=O)[C@@H](NC(=O)[C@@H](N)C(C)C)C(C)C)C(=O)[C@@H](NC(=O)[C@H](CCC(F)(F)F)[C@H](CCC(F)(F)F)C(N)=O)N=C2c1cccc(F)c1. The largest absolute Gasteiger partial charge is 0.442 e. The van der Waals surface area contributed by atoms with E-state index in [9.17, 15) is 54.7 Å². The number of anilines is 1. The second kappa shape index (κ2) is 18.7. The fraction of sp³-hybridized carbons (Fsp3) is 0.514. The monoisotopic (exact) mass is 802 g/mol. The van der Waals surface area contributed by atoms with E-state index >= 15 is 0 Å². The van der Waals surface area contributed by atoms with Crippen LogP contribution in [0.1, 0.15) is 70.1 Å². The van der Waals surface area contributed by atoms with Gasteiger partial charge in [0.05, 0.1) is 17.4 Å². The van der Waals surface area contributed by atoms with Crippen LogP contribution in [0.5, 0.6) is 0 Å². The van der Waals surface area contributed by atoms with E-state index in [4.69, 9.17) is 16.2 Å². The summed E-state index contributed by atoms with van der Waals surface area (Å²) in [7, 11) is 0. The van der Waals surface area contributed by atoms with Crippen molar-refractivity contribution < 1.29 is 59.4 Å². The first kappa shape index (κ1) is 45.3. The number of primary amides is 1. The average Bonchev–Trinajstić information content (AvgIpc) is 3.20. The highest BCUT2D eigenvalue weighted by atomic mass is 19.4. The van der Waals surface area contributed by atoms with E-state index in [-0.39, 0.29) is 28.4 Å². The molecule has 0 saturated heterocycles. The Kier molecular flexibility index (Phi) is 15.1. The number of benzodiazepines with no additional fused rings is 1. The number of esters is 1. The minimum atomic E-state index is -4.90. The number of ether oxygens (including phenoxy) is 1. The molecule has 0 aromatic heterocycles. The van der Waals surface area contributed by atoms with Gasteiger partial charge in [-0.3, -0.25) is 24.1 Å². The predicted octanol–water partition coefficient (Wildman–Crippen LogP) is 4.79. The fourth-order valence-electron chi connectivity index (χ4n) is 6.01. The molecule has 3 rings (SSSR count). The van der Waals surface area contributed by atoms with E-state index in [2.05, 4.69) is 15.6 Å². The Labute approximate surface area is 318 Å². The van der Waals surface area contributed by atoms with Crippen LogP contribution in [0.2, 0.25) is 0 Å². The van der Waals surface area contributed by atoms with Crippen molar-refractivity contribution in [1.82, 2.24) is 10.6 Å². The molecule has 1 heterocycles. The number of benzene rings is 2. The number of nitrogens with zero attached hydrogens (tertiary/aromatic N) is 2. The maximum atomic E-state index is 14.6. The number of carbonyl (C=O) groups is 5. The molecule has 5 atom stereocenters. The molecule has 4 amide bonds. The van der Waals surface area contributed by atoms with Crippen LogP contribution in [0, 0.1) is 36.4 Å². The molecule has 6 N–H and O–H groups in total. The lowest BCUT2D eigenvalue weighted by molar-refractivity contribution is -0.152. The average molecular weight is 803 g/mol. The van der Waals surface area contributed by atoms with Crippen LogP contribution in [-0.2, 0) is 28.7 Å². The molecule has 0 bridgehead atoms. The van der Waals surface area contributed by atoms with Gasteiger partial charge in [-0.05, 0) is 49.3 Å². The fourth-order valence-corrected chi connectivity index (χ4v) is 6.01. The summed E-state index contributed by atoms with van der Waals surface area (Å²) >= 11 is 0. The number of rotatable bonds is 16. The number of hydrogen-bond donors (Lipinski definition) is 4. The summed E-state index contributed by atoms with van der Waals surface area (Å²) in [6, 6.07) is 7.28. The molecule has 308 valence electrons. The van der Waals surface area contributed by atoms with Gasteiger partial charge in [0.25, 0.3) is 5.91 Å². The molecule has 1 aliphatic rings. The van der Waals surface area contributed by atoms with Gasteiger partial charge in [0, 0.05) is 35.8 Å². The number of aryl methyl sites for hydroxylation is 1. The van der Waals surface area contributed by atoms with Crippen molar-refractivity contribution in [3.8, 4) is 0 Å². The molecule has 0 unspecified atom stereocenters. The summed E-state index contributed by atoms with van der Waals surface area (Å²) in [4.78, 5) is 72.1. The smallest absolute Gasteiger partial charge is 0.389 e. The first-order valence-electron chi connectivity index (χ1n) is 17.6. The summed E-state index contributed by atoms with van der Waals surface area (Å²) in [5.74, 6) is -11.4. The van der Waals surface area contributed by atoms with Crippen molar-refractivity contribution >= 4 is 41.0 Å². The maximum Gasteiger partial charge on any atom is 0.389 e. The van der Waals surface area contributed by atoms with E-state index in [1.165, 1.54) is 18.2 Å². The van der Waals surface area contributed by atoms with Crippen molar-refractivity contribution in [3.05, 3.63) is 65.0 Å². The summed E-state index contributed by atoms with van der Waals surface area (Å²) in [6.45, 7) is 7.30. The lowest BCUT2D eigenvalue weighted by Gasteiger charge is -2.29. The number of hydrogen-bond acceptors (Lipinski definition) is 8. The van der Waals surface area contributed by atoms with Crippen molar-refractivity contribution in [2.45, 2.75) is 90.9 Å². The molecule has 1 aliphatic heterocycles. The molecule has 2 aromatic carbocycles. The number of amides is 4. The highest BCUT2D eigenvalue weighted by Crippen LogP contribution is 2.35. The number of para-hydroxylation sites is 1. The van der Waals surface area contributed by atoms with Gasteiger partial charge in [-0.2, -0.15) is 26.3 Å². The third kappa shape index (κ3) is 12.2. The van der Waals surface area contributed by atoms with Crippen LogP contribution in [0.4, 0.5) is 36.4 Å². The Morgan fingerprint density at radius 2 is 1.48 bits per heavy atom. The molecule has 0 fully saturated rings. The lowest BCUT2D eigenvalue weighted by Crippen LogP contribution is -2.54. The summed E-state index contributed by atoms with van der Waals surface area (Å²) in [5.41, 5.74) is 11.8. The van der Waals surface area contributed by atoms with Gasteiger partial charge in [-0.15, -0.1) is 0 Å². The molecular formula is C37H45F7N6O6. The third-order valence-corrected chi connectivity index (χ3v) is 9.14. The number of carbonyl (C=O) groups excluding carboxylic acids is 5. The topological polar surface area (TPSA) is 186 Å². The molecule has 0 radical (unpaired) electrons. The molecule has 2 aromatic rings. The second-order valence-electron chi connectivity index (χ2n) is 14.2. The van der Waals surface area contributed by atoms with E-state index in [0.29, 0.717) is 5.56 Å². The van der Waals surface area contributed by atoms with Gasteiger partial charge >= 0.3 is 18.3 Å². The van der Waals surface area contributed by atoms with Crippen molar-refractivity contribution in [2.75, 3.05) is 11.6 Å². The van der Waals surface area contributed by atoms with Gasteiger partial charge in [0.15, 0.2) is 6.73 Å². The standard InChI is InChI=1S/C37H45F7N6O6/c1-18(2)26(45)33(53)48-27(19(3)4)35(55)56-17-50-29-20(5)8-6-11-25(29)28(21-9-7-10-22(38)16-21)47-31(34(50)54)49-32(52)24(13-15-37(42,43)44)23(30(46)51)12-14-36(39,40)41/h6-11,16,18-19,23-24,26-27,31H,12-15,17,45H2,1-5H3,(H2,46,51)(H,48,53)(H,49,52)/t23-,24+,26-,27-,31+/m0/s1. The summed E-state index contributed by atoms with van der Waals surface area (Å²) in [6.07, 6.45) is -17.5. The number of nitrogens with two attached hydrogens (primary N) is 2. The van der Waals surface area contributed by atoms with Crippen molar-refractivity contribution in [3.63, 3.8) is 0 Å². The summed E-state index contributed by atoms with van der Waals surface area (Å²) in [5, 5.41) is 4.71. The molecule has 0 saturated carbocycles. The van der Waals surface area contributed by atoms with Gasteiger partial charge in [0.1, 0.15) is 11.9 Å². The Balaban J connectivity index is 2.14. The molecule has 56 heavy (non-hydrogen) atoms. The molecular weight excluding hydrogens is 757 g/mol. The number of fused-ring (bicyclic) bond motifs is 1. The quantitative estimate of drug-likeness (QED) is 0.139. The normalized spacial score (nSPS) is 17.0. The molecule has 0 aliphatic carbocycles. The minimum absolute atomic E-state index is 0.0610.